The van der Waals surface area contributed by atoms with Crippen molar-refractivity contribution < 1.29 is 14.0 Å². The fraction of sp³-hybridized carbons (Fsp3) is 0.179. The zero-order valence-electron chi connectivity index (χ0n) is 19.7. The van der Waals surface area contributed by atoms with Gasteiger partial charge in [-0.3, -0.25) is 9.59 Å². The molecule has 0 radical (unpaired) electrons. The summed E-state index contributed by atoms with van der Waals surface area (Å²) in [4.78, 5) is 40.6. The molecule has 2 aliphatic heterocycles. The third-order valence-corrected chi connectivity index (χ3v) is 7.52. The van der Waals surface area contributed by atoms with Crippen molar-refractivity contribution in [2.45, 2.75) is 24.7 Å². The standard InChI is InChI=1S/C28H21FN6O2/c29-19-4-6-23-16(10-19)7-9-35(23)26(36)22-12-24(32-15-31-22)33-20-5-3-17-13-28(14-18(17)11-20)21-2-1-8-30-25(21)34-27(28)37/h1-6,8,10-12,15H,7,9,13-14H2,(H,30,34,37)(H,31,32,33)/t28-/m0/s1. The van der Waals surface area contributed by atoms with Gasteiger partial charge < -0.3 is 15.5 Å². The lowest BCUT2D eigenvalue weighted by Gasteiger charge is -2.20. The molecular formula is C28H21FN6O2. The van der Waals surface area contributed by atoms with E-state index in [2.05, 4.69) is 25.6 Å². The highest BCUT2D eigenvalue weighted by Crippen LogP contribution is 2.47. The van der Waals surface area contributed by atoms with Crippen LogP contribution in [0.25, 0.3) is 0 Å². The minimum Gasteiger partial charge on any atom is -0.340 e. The van der Waals surface area contributed by atoms with Crippen LogP contribution in [0.1, 0.15) is 32.7 Å². The SMILES string of the molecule is O=C(c1cc(Nc2ccc3c(c2)C[C@]2(C3)C(=O)Nc3ncccc32)ncn1)N1CCc2cc(F)ccc21. The van der Waals surface area contributed by atoms with Gasteiger partial charge in [0.1, 0.15) is 29.5 Å². The molecule has 182 valence electrons. The van der Waals surface area contributed by atoms with Crippen molar-refractivity contribution >= 4 is 34.8 Å². The molecule has 0 unspecified atom stereocenters. The van der Waals surface area contributed by atoms with Crippen LogP contribution in [0.2, 0.25) is 0 Å². The van der Waals surface area contributed by atoms with Gasteiger partial charge in [0.05, 0.1) is 5.41 Å². The lowest BCUT2D eigenvalue weighted by Crippen LogP contribution is -2.35. The summed E-state index contributed by atoms with van der Waals surface area (Å²) in [5.41, 5.74) is 5.10. The van der Waals surface area contributed by atoms with Crippen LogP contribution >= 0.6 is 0 Å². The Balaban J connectivity index is 1.13. The van der Waals surface area contributed by atoms with Crippen molar-refractivity contribution in [1.29, 1.82) is 0 Å². The summed E-state index contributed by atoms with van der Waals surface area (Å²) in [6.45, 7) is 0.475. The van der Waals surface area contributed by atoms with E-state index in [1.165, 1.54) is 18.5 Å². The molecule has 1 aliphatic carbocycles. The lowest BCUT2D eigenvalue weighted by molar-refractivity contribution is -0.120. The molecule has 0 bridgehead atoms. The zero-order valence-corrected chi connectivity index (χ0v) is 19.7. The van der Waals surface area contributed by atoms with E-state index in [1.807, 2.05) is 30.3 Å². The van der Waals surface area contributed by atoms with E-state index >= 15 is 0 Å². The maximum Gasteiger partial charge on any atom is 0.277 e. The molecule has 0 saturated heterocycles. The van der Waals surface area contributed by atoms with Gasteiger partial charge in [0.15, 0.2) is 0 Å². The largest absolute Gasteiger partial charge is 0.340 e. The van der Waals surface area contributed by atoms with Gasteiger partial charge in [0.2, 0.25) is 5.91 Å². The number of fused-ring (bicyclic) bond motifs is 4. The highest BCUT2D eigenvalue weighted by Gasteiger charge is 2.51. The molecule has 2 aromatic heterocycles. The Morgan fingerprint density at radius 1 is 1.00 bits per heavy atom. The van der Waals surface area contributed by atoms with Crippen molar-refractivity contribution in [2.24, 2.45) is 0 Å². The number of aromatic nitrogens is 3. The maximum absolute atomic E-state index is 13.6. The molecule has 2 aromatic carbocycles. The molecule has 37 heavy (non-hydrogen) atoms. The number of pyridine rings is 1. The van der Waals surface area contributed by atoms with E-state index in [9.17, 15) is 14.0 Å². The van der Waals surface area contributed by atoms with E-state index in [1.54, 1.807) is 23.2 Å². The Kier molecular flexibility index (Phi) is 4.63. The van der Waals surface area contributed by atoms with Gasteiger partial charge >= 0.3 is 0 Å². The number of halogens is 1. The normalized spacial score (nSPS) is 18.9. The molecule has 0 saturated carbocycles. The summed E-state index contributed by atoms with van der Waals surface area (Å²) < 4.78 is 13.6. The number of nitrogens with zero attached hydrogens (tertiary/aromatic N) is 4. The molecule has 4 heterocycles. The molecule has 1 spiro atoms. The van der Waals surface area contributed by atoms with Crippen LogP contribution in [-0.2, 0) is 29.5 Å². The number of amides is 2. The van der Waals surface area contributed by atoms with Crippen molar-refractivity contribution in [3.8, 4) is 0 Å². The minimum absolute atomic E-state index is 0.0166. The van der Waals surface area contributed by atoms with Crippen LogP contribution in [0, 0.1) is 5.82 Å². The summed E-state index contributed by atoms with van der Waals surface area (Å²) in [5.74, 6) is 0.542. The van der Waals surface area contributed by atoms with Crippen LogP contribution in [0.3, 0.4) is 0 Å². The maximum atomic E-state index is 13.6. The van der Waals surface area contributed by atoms with Gasteiger partial charge in [0, 0.05) is 35.7 Å². The third-order valence-electron chi connectivity index (χ3n) is 7.52. The van der Waals surface area contributed by atoms with E-state index in [0.29, 0.717) is 43.1 Å². The first kappa shape index (κ1) is 21.6. The Morgan fingerprint density at radius 3 is 2.81 bits per heavy atom. The summed E-state index contributed by atoms with van der Waals surface area (Å²) in [6.07, 6.45) is 4.85. The summed E-state index contributed by atoms with van der Waals surface area (Å²) in [7, 11) is 0. The quantitative estimate of drug-likeness (QED) is 0.449. The van der Waals surface area contributed by atoms with Crippen molar-refractivity contribution in [1.82, 2.24) is 15.0 Å². The fourth-order valence-corrected chi connectivity index (χ4v) is 5.76. The van der Waals surface area contributed by atoms with Gasteiger partial charge in [-0.05, 0) is 72.4 Å². The Labute approximate surface area is 211 Å². The Morgan fingerprint density at radius 2 is 1.89 bits per heavy atom. The average molecular weight is 493 g/mol. The fourth-order valence-electron chi connectivity index (χ4n) is 5.76. The van der Waals surface area contributed by atoms with Gasteiger partial charge in [-0.1, -0.05) is 12.1 Å². The first-order valence-electron chi connectivity index (χ1n) is 12.1. The number of hydrogen-bond acceptors (Lipinski definition) is 6. The Bertz CT molecular complexity index is 1620. The van der Waals surface area contributed by atoms with Crippen LogP contribution in [0.4, 0.5) is 27.4 Å². The van der Waals surface area contributed by atoms with Gasteiger partial charge in [-0.15, -0.1) is 0 Å². The molecule has 9 heteroatoms. The lowest BCUT2D eigenvalue weighted by atomic mass is 9.79. The molecule has 2 N–H and O–H groups in total. The van der Waals surface area contributed by atoms with Crippen LogP contribution in [0.5, 0.6) is 0 Å². The van der Waals surface area contributed by atoms with Crippen LogP contribution in [-0.4, -0.2) is 33.3 Å². The number of anilines is 4. The summed E-state index contributed by atoms with van der Waals surface area (Å²) in [6, 6.07) is 15.9. The van der Waals surface area contributed by atoms with E-state index in [4.69, 9.17) is 0 Å². The summed E-state index contributed by atoms with van der Waals surface area (Å²) >= 11 is 0. The van der Waals surface area contributed by atoms with E-state index in [-0.39, 0.29) is 23.3 Å². The van der Waals surface area contributed by atoms with Gasteiger partial charge in [0.25, 0.3) is 5.91 Å². The first-order chi connectivity index (χ1) is 18.0. The topological polar surface area (TPSA) is 100 Å². The second-order valence-electron chi connectivity index (χ2n) is 9.67. The highest BCUT2D eigenvalue weighted by atomic mass is 19.1. The third kappa shape index (κ3) is 3.38. The molecular weight excluding hydrogens is 471 g/mol. The second kappa shape index (κ2) is 7.92. The molecule has 2 amide bonds. The van der Waals surface area contributed by atoms with Crippen molar-refractivity contribution in [3.05, 3.63) is 101 Å². The van der Waals surface area contributed by atoms with Gasteiger partial charge in [-0.2, -0.15) is 0 Å². The van der Waals surface area contributed by atoms with Crippen molar-refractivity contribution in [3.63, 3.8) is 0 Å². The molecule has 7 rings (SSSR count). The molecule has 1 atom stereocenters. The Hall–Kier alpha value is -4.66. The molecule has 0 fully saturated rings. The minimum atomic E-state index is -0.631. The number of carbonyl (C=O) groups excluding carboxylic acids is 2. The zero-order chi connectivity index (χ0) is 25.1. The van der Waals surface area contributed by atoms with Crippen molar-refractivity contribution in [2.75, 3.05) is 22.1 Å². The number of carbonyl (C=O) groups is 2. The summed E-state index contributed by atoms with van der Waals surface area (Å²) in [5, 5.41) is 6.20. The predicted octanol–water partition coefficient (Wildman–Crippen LogP) is 3.95. The van der Waals surface area contributed by atoms with Crippen LogP contribution < -0.4 is 15.5 Å². The van der Waals surface area contributed by atoms with E-state index < -0.39 is 5.41 Å². The molecule has 3 aliphatic rings. The number of nitrogens with one attached hydrogen (secondary N) is 2. The number of hydrogen-bond donors (Lipinski definition) is 2. The van der Waals surface area contributed by atoms with E-state index in [0.717, 1.165) is 27.9 Å². The average Bonchev–Trinajstić information content (AvgIpc) is 3.57. The number of benzene rings is 2. The highest BCUT2D eigenvalue weighted by molar-refractivity contribution is 6.07. The first-order valence-corrected chi connectivity index (χ1v) is 12.1. The smallest absolute Gasteiger partial charge is 0.277 e. The monoisotopic (exact) mass is 492 g/mol. The molecule has 4 aromatic rings. The second-order valence-corrected chi connectivity index (χ2v) is 9.67. The number of rotatable bonds is 3. The molecule has 8 nitrogen and oxygen atoms in total. The predicted molar refractivity (Wildman–Crippen MR) is 135 cm³/mol. The van der Waals surface area contributed by atoms with Gasteiger partial charge in [-0.25, -0.2) is 19.3 Å². The van der Waals surface area contributed by atoms with Crippen LogP contribution in [0.15, 0.2) is 67.1 Å².